The molecule has 1 aromatic rings. The van der Waals surface area contributed by atoms with Crippen LogP contribution in [0.1, 0.15) is 25.8 Å². The van der Waals surface area contributed by atoms with Crippen molar-refractivity contribution in [2.45, 2.75) is 32.4 Å². The topological polar surface area (TPSA) is 23.5 Å². The van der Waals surface area contributed by atoms with Crippen molar-refractivity contribution in [3.05, 3.63) is 35.6 Å². The van der Waals surface area contributed by atoms with Crippen LogP contribution in [0.3, 0.4) is 0 Å². The van der Waals surface area contributed by atoms with Crippen LogP contribution < -0.4 is 0 Å². The minimum Gasteiger partial charge on any atom is -0.390 e. The molecule has 0 aromatic heterocycles. The molecule has 0 aliphatic carbocycles. The number of aliphatic hydroxyl groups is 1. The van der Waals surface area contributed by atoms with E-state index in [4.69, 9.17) is 0 Å². The fourth-order valence-electron chi connectivity index (χ4n) is 1.49. The zero-order valence-corrected chi connectivity index (χ0v) is 10.2. The summed E-state index contributed by atoms with van der Waals surface area (Å²) in [5.74, 6) is -0.201. The molecule has 16 heavy (non-hydrogen) atoms. The molecule has 0 saturated heterocycles. The van der Waals surface area contributed by atoms with Crippen molar-refractivity contribution < 1.29 is 9.50 Å². The Morgan fingerprint density at radius 1 is 1.38 bits per heavy atom. The largest absolute Gasteiger partial charge is 0.390 e. The zero-order valence-electron chi connectivity index (χ0n) is 10.2. The summed E-state index contributed by atoms with van der Waals surface area (Å²) in [6.45, 7) is 5.08. The highest BCUT2D eigenvalue weighted by atomic mass is 19.1. The van der Waals surface area contributed by atoms with Crippen LogP contribution in [-0.2, 0) is 6.54 Å². The summed E-state index contributed by atoms with van der Waals surface area (Å²) >= 11 is 0. The molecule has 0 fully saturated rings. The molecule has 0 atom stereocenters. The van der Waals surface area contributed by atoms with Crippen molar-refractivity contribution in [2.24, 2.45) is 0 Å². The first-order valence-corrected chi connectivity index (χ1v) is 5.52. The molecular weight excluding hydrogens is 205 g/mol. The normalized spacial score (nSPS) is 12.1. The molecule has 0 radical (unpaired) electrons. The van der Waals surface area contributed by atoms with E-state index in [1.165, 1.54) is 6.07 Å². The summed E-state index contributed by atoms with van der Waals surface area (Å²) in [6.07, 6.45) is 0.707. The molecule has 90 valence electrons. The van der Waals surface area contributed by atoms with Gasteiger partial charge in [-0.15, -0.1) is 0 Å². The van der Waals surface area contributed by atoms with E-state index in [1.807, 2.05) is 13.1 Å². The number of hydrogen-bond donors (Lipinski definition) is 1. The third-order valence-electron chi connectivity index (χ3n) is 2.45. The zero-order chi connectivity index (χ0) is 12.2. The molecule has 0 aliphatic heterocycles. The lowest BCUT2D eigenvalue weighted by Gasteiger charge is -2.22. The second-order valence-corrected chi connectivity index (χ2v) is 4.93. The molecule has 0 heterocycles. The number of rotatable bonds is 5. The van der Waals surface area contributed by atoms with Crippen molar-refractivity contribution in [2.75, 3.05) is 13.6 Å². The van der Waals surface area contributed by atoms with Crippen molar-refractivity contribution >= 4 is 0 Å². The van der Waals surface area contributed by atoms with Crippen LogP contribution in [0.25, 0.3) is 0 Å². The van der Waals surface area contributed by atoms with Gasteiger partial charge < -0.3 is 10.0 Å². The Bertz CT molecular complexity index is 333. The van der Waals surface area contributed by atoms with E-state index in [-0.39, 0.29) is 5.82 Å². The predicted octanol–water partition coefficient (Wildman–Crippen LogP) is 2.42. The molecule has 3 heteroatoms. The maximum absolute atomic E-state index is 12.9. The van der Waals surface area contributed by atoms with Gasteiger partial charge in [0.15, 0.2) is 0 Å². The summed E-state index contributed by atoms with van der Waals surface area (Å²) in [4.78, 5) is 2.08. The smallest absolute Gasteiger partial charge is 0.123 e. The van der Waals surface area contributed by atoms with Crippen LogP contribution in [-0.4, -0.2) is 29.2 Å². The van der Waals surface area contributed by atoms with Gasteiger partial charge >= 0.3 is 0 Å². The second kappa shape index (κ2) is 5.41. The number of benzene rings is 1. The van der Waals surface area contributed by atoms with Crippen molar-refractivity contribution in [3.8, 4) is 0 Å². The lowest BCUT2D eigenvalue weighted by atomic mass is 10.1. The standard InChI is InChI=1S/C13H20FNO/c1-13(2,16)7-8-15(3)10-11-5-4-6-12(14)9-11/h4-6,9,16H,7-8,10H2,1-3H3. The minimum absolute atomic E-state index is 0.201. The van der Waals surface area contributed by atoms with Crippen molar-refractivity contribution in [1.29, 1.82) is 0 Å². The van der Waals surface area contributed by atoms with Gasteiger partial charge in [0.05, 0.1) is 5.60 Å². The Hall–Kier alpha value is -0.930. The average molecular weight is 225 g/mol. The lowest BCUT2D eigenvalue weighted by molar-refractivity contribution is 0.0599. The minimum atomic E-state index is -0.643. The molecule has 1 rings (SSSR count). The maximum atomic E-state index is 12.9. The third kappa shape index (κ3) is 5.24. The Morgan fingerprint density at radius 2 is 2.06 bits per heavy atom. The van der Waals surface area contributed by atoms with Gasteiger partial charge in [-0.25, -0.2) is 4.39 Å². The molecule has 1 N–H and O–H groups in total. The Balaban J connectivity index is 2.43. The van der Waals surface area contributed by atoms with E-state index in [1.54, 1.807) is 26.0 Å². The van der Waals surface area contributed by atoms with Gasteiger partial charge in [0, 0.05) is 13.1 Å². The van der Waals surface area contributed by atoms with Crippen molar-refractivity contribution in [1.82, 2.24) is 4.90 Å². The van der Waals surface area contributed by atoms with Crippen LogP contribution in [0.2, 0.25) is 0 Å². The van der Waals surface area contributed by atoms with E-state index in [2.05, 4.69) is 4.90 Å². The van der Waals surface area contributed by atoms with Crippen molar-refractivity contribution in [3.63, 3.8) is 0 Å². The first kappa shape index (κ1) is 13.1. The first-order chi connectivity index (χ1) is 7.37. The van der Waals surface area contributed by atoms with Crippen LogP contribution in [0.5, 0.6) is 0 Å². The van der Waals surface area contributed by atoms with Crippen LogP contribution in [0.4, 0.5) is 4.39 Å². The highest BCUT2D eigenvalue weighted by Gasteiger charge is 2.13. The highest BCUT2D eigenvalue weighted by Crippen LogP contribution is 2.10. The summed E-state index contributed by atoms with van der Waals surface area (Å²) in [6, 6.07) is 6.61. The first-order valence-electron chi connectivity index (χ1n) is 5.52. The quantitative estimate of drug-likeness (QED) is 0.832. The molecule has 0 unspecified atom stereocenters. The fraction of sp³-hybridized carbons (Fsp3) is 0.538. The van der Waals surface area contributed by atoms with E-state index in [0.717, 1.165) is 12.1 Å². The van der Waals surface area contributed by atoms with Crippen LogP contribution in [0, 0.1) is 5.82 Å². The molecule has 0 aliphatic rings. The number of hydrogen-bond acceptors (Lipinski definition) is 2. The molecule has 0 saturated carbocycles. The molecule has 0 bridgehead atoms. The Kier molecular flexibility index (Phi) is 4.44. The molecule has 2 nitrogen and oxygen atoms in total. The van der Waals surface area contributed by atoms with Crippen LogP contribution >= 0.6 is 0 Å². The molecule has 0 spiro atoms. The van der Waals surface area contributed by atoms with Gasteiger partial charge in [-0.1, -0.05) is 12.1 Å². The summed E-state index contributed by atoms with van der Waals surface area (Å²) < 4.78 is 12.9. The average Bonchev–Trinajstić information content (AvgIpc) is 2.14. The summed E-state index contributed by atoms with van der Waals surface area (Å²) in [5.41, 5.74) is 0.314. The van der Waals surface area contributed by atoms with Gasteiger partial charge in [-0.05, 0) is 45.0 Å². The molecule has 0 amide bonds. The monoisotopic (exact) mass is 225 g/mol. The second-order valence-electron chi connectivity index (χ2n) is 4.93. The summed E-state index contributed by atoms with van der Waals surface area (Å²) in [5, 5.41) is 9.59. The number of halogens is 1. The maximum Gasteiger partial charge on any atom is 0.123 e. The third-order valence-corrected chi connectivity index (χ3v) is 2.45. The highest BCUT2D eigenvalue weighted by molar-refractivity contribution is 5.15. The Labute approximate surface area is 96.7 Å². The predicted molar refractivity (Wildman–Crippen MR) is 63.6 cm³/mol. The van der Waals surface area contributed by atoms with E-state index >= 15 is 0 Å². The molecule has 1 aromatic carbocycles. The number of nitrogens with zero attached hydrogens (tertiary/aromatic N) is 1. The van der Waals surface area contributed by atoms with Gasteiger partial charge in [0.25, 0.3) is 0 Å². The van der Waals surface area contributed by atoms with E-state index in [0.29, 0.717) is 13.0 Å². The lowest BCUT2D eigenvalue weighted by Crippen LogP contribution is -2.28. The van der Waals surface area contributed by atoms with Gasteiger partial charge in [-0.3, -0.25) is 0 Å². The molecular formula is C13H20FNO. The van der Waals surface area contributed by atoms with Gasteiger partial charge in [0.2, 0.25) is 0 Å². The van der Waals surface area contributed by atoms with Crippen LogP contribution in [0.15, 0.2) is 24.3 Å². The fourth-order valence-corrected chi connectivity index (χ4v) is 1.49. The van der Waals surface area contributed by atoms with Gasteiger partial charge in [0.1, 0.15) is 5.82 Å². The summed E-state index contributed by atoms with van der Waals surface area (Å²) in [7, 11) is 1.97. The SMILES string of the molecule is CN(CCC(C)(C)O)Cc1cccc(F)c1. The van der Waals surface area contributed by atoms with E-state index < -0.39 is 5.60 Å². The van der Waals surface area contributed by atoms with Gasteiger partial charge in [-0.2, -0.15) is 0 Å². The Morgan fingerprint density at radius 3 is 2.62 bits per heavy atom. The van der Waals surface area contributed by atoms with E-state index in [9.17, 15) is 9.50 Å².